The minimum absolute atomic E-state index is 0.226. The Balaban J connectivity index is 1.10. The van der Waals surface area contributed by atoms with Crippen LogP contribution in [0.25, 0.3) is 0 Å². The van der Waals surface area contributed by atoms with Crippen molar-refractivity contribution in [3.05, 3.63) is 0 Å². The fourth-order valence-electron chi connectivity index (χ4n) is 10.9. The van der Waals surface area contributed by atoms with Crippen molar-refractivity contribution >= 4 is 0 Å². The number of unbranched alkanes of at least 4 members (excludes halogenated alkanes) is 12. The summed E-state index contributed by atoms with van der Waals surface area (Å²) in [4.78, 5) is 0. The monoisotopic (exact) mass is 705 g/mol. The Bertz CT molecular complexity index is 877. The third-order valence-electron chi connectivity index (χ3n) is 14.0. The Morgan fingerprint density at radius 3 is 1.46 bits per heavy atom. The zero-order chi connectivity index (χ0) is 35.0. The molecule has 12 unspecified atom stereocenters. The van der Waals surface area contributed by atoms with Gasteiger partial charge in [0, 0.05) is 0 Å². The van der Waals surface area contributed by atoms with Gasteiger partial charge in [-0.3, -0.25) is 0 Å². The highest BCUT2D eigenvalue weighted by molar-refractivity contribution is 5.04. The molecule has 50 heavy (non-hydrogen) atoms. The topological polar surface area (TPSA) is 84.0 Å². The first-order valence-electron chi connectivity index (χ1n) is 22.4. The van der Waals surface area contributed by atoms with Crippen LogP contribution in [0.2, 0.25) is 0 Å². The van der Waals surface area contributed by atoms with Gasteiger partial charge in [-0.1, -0.05) is 117 Å². The molecule has 0 radical (unpaired) electrons. The first kappa shape index (κ1) is 40.9. The van der Waals surface area contributed by atoms with Crippen LogP contribution in [-0.4, -0.2) is 61.4 Å². The number of hydrogen-bond donors (Lipinski definition) is 2. The van der Waals surface area contributed by atoms with E-state index in [1.165, 1.54) is 128 Å². The third-order valence-corrected chi connectivity index (χ3v) is 14.0. The van der Waals surface area contributed by atoms with Gasteiger partial charge in [0.1, 0.15) is 12.2 Å². The molecule has 292 valence electrons. The Hall–Kier alpha value is -0.240. The maximum absolute atomic E-state index is 10.2. The van der Waals surface area contributed by atoms with Crippen molar-refractivity contribution in [1.29, 1.82) is 0 Å². The second-order valence-electron chi connectivity index (χ2n) is 17.7. The molecule has 0 amide bonds. The van der Waals surface area contributed by atoms with E-state index in [9.17, 15) is 10.2 Å². The Morgan fingerprint density at radius 1 is 0.500 bits per heavy atom. The van der Waals surface area contributed by atoms with Crippen molar-refractivity contribution < 1.29 is 29.2 Å². The maximum atomic E-state index is 10.2. The largest absolute Gasteiger partial charge is 0.371 e. The fourth-order valence-corrected chi connectivity index (χ4v) is 10.9. The molecule has 0 bridgehead atoms. The second-order valence-corrected chi connectivity index (χ2v) is 17.7. The van der Waals surface area contributed by atoms with Gasteiger partial charge >= 0.3 is 0 Å². The zero-order valence-electron chi connectivity index (χ0n) is 32.7. The van der Waals surface area contributed by atoms with Crippen molar-refractivity contribution in [3.63, 3.8) is 0 Å². The minimum atomic E-state index is -0.620. The molecular formula is C44H80O6. The molecule has 5 fully saturated rings. The van der Waals surface area contributed by atoms with Gasteiger partial charge in [0.15, 0.2) is 12.6 Å². The quantitative estimate of drug-likeness (QED) is 0.0440. The van der Waals surface area contributed by atoms with E-state index in [0.717, 1.165) is 86.2 Å². The van der Waals surface area contributed by atoms with Gasteiger partial charge < -0.3 is 29.2 Å². The fraction of sp³-hybridized carbons (Fsp3) is 1.00. The van der Waals surface area contributed by atoms with Crippen LogP contribution in [0.5, 0.6) is 0 Å². The molecule has 0 spiro atoms. The molecule has 3 saturated carbocycles. The highest BCUT2D eigenvalue weighted by Crippen LogP contribution is 2.63. The van der Waals surface area contributed by atoms with Crippen LogP contribution in [-0.2, 0) is 18.9 Å². The molecule has 0 aromatic carbocycles. The molecule has 6 nitrogen and oxygen atoms in total. The normalized spacial score (nSPS) is 34.1. The summed E-state index contributed by atoms with van der Waals surface area (Å²) in [6, 6.07) is 0. The summed E-state index contributed by atoms with van der Waals surface area (Å²) >= 11 is 0. The molecule has 5 aliphatic rings. The van der Waals surface area contributed by atoms with E-state index in [4.69, 9.17) is 18.9 Å². The zero-order valence-corrected chi connectivity index (χ0v) is 32.7. The van der Waals surface area contributed by atoms with E-state index >= 15 is 0 Å². The van der Waals surface area contributed by atoms with Gasteiger partial charge in [-0.2, -0.15) is 0 Å². The first-order chi connectivity index (χ1) is 24.6. The van der Waals surface area contributed by atoms with Crippen molar-refractivity contribution in [3.8, 4) is 0 Å². The van der Waals surface area contributed by atoms with E-state index in [1.807, 2.05) is 0 Å². The smallest absolute Gasteiger partial charge is 0.154 e. The van der Waals surface area contributed by atoms with Gasteiger partial charge in [-0.25, -0.2) is 0 Å². The molecule has 0 aromatic rings. The lowest BCUT2D eigenvalue weighted by Crippen LogP contribution is -2.54. The minimum Gasteiger partial charge on any atom is -0.371 e. The highest BCUT2D eigenvalue weighted by Gasteiger charge is 2.55. The lowest BCUT2D eigenvalue weighted by molar-refractivity contribution is -0.122. The lowest BCUT2D eigenvalue weighted by Gasteiger charge is -2.61. The maximum Gasteiger partial charge on any atom is 0.154 e. The van der Waals surface area contributed by atoms with Crippen LogP contribution in [0, 0.1) is 47.3 Å². The predicted molar refractivity (Wildman–Crippen MR) is 203 cm³/mol. The van der Waals surface area contributed by atoms with Gasteiger partial charge in [0.05, 0.1) is 26.4 Å². The summed E-state index contributed by atoms with van der Waals surface area (Å²) < 4.78 is 21.4. The first-order valence-corrected chi connectivity index (χ1v) is 22.4. The number of aliphatic hydroxyl groups is 2. The summed E-state index contributed by atoms with van der Waals surface area (Å²) in [5.74, 6) is 7.95. The summed E-state index contributed by atoms with van der Waals surface area (Å²) in [6.07, 6.45) is 33.9. The summed E-state index contributed by atoms with van der Waals surface area (Å²) in [5, 5.41) is 20.3. The van der Waals surface area contributed by atoms with Crippen LogP contribution in [0.1, 0.15) is 181 Å². The van der Waals surface area contributed by atoms with Crippen molar-refractivity contribution in [1.82, 2.24) is 0 Å². The number of hydrogen-bond acceptors (Lipinski definition) is 6. The van der Waals surface area contributed by atoms with Crippen LogP contribution in [0.4, 0.5) is 0 Å². The molecular weight excluding hydrogens is 624 g/mol. The number of ether oxygens (including phenoxy) is 4. The Kier molecular flexibility index (Phi) is 18.7. The van der Waals surface area contributed by atoms with E-state index in [2.05, 4.69) is 13.8 Å². The Morgan fingerprint density at radius 2 is 0.940 bits per heavy atom. The van der Waals surface area contributed by atoms with Crippen LogP contribution in [0.3, 0.4) is 0 Å². The second kappa shape index (κ2) is 22.9. The van der Waals surface area contributed by atoms with Gasteiger partial charge in [-0.05, 0) is 112 Å². The lowest BCUT2D eigenvalue weighted by atomic mass is 9.44. The predicted octanol–water partition coefficient (Wildman–Crippen LogP) is 10.6. The number of rotatable bonds is 30. The molecule has 6 heteroatoms. The van der Waals surface area contributed by atoms with E-state index in [-0.39, 0.29) is 12.2 Å². The average Bonchev–Trinajstić information content (AvgIpc) is 4.04. The molecule has 2 aliphatic heterocycles. The molecule has 12 atom stereocenters. The molecule has 2 N–H and O–H groups in total. The van der Waals surface area contributed by atoms with E-state index in [1.54, 1.807) is 12.8 Å². The number of fused-ring (bicyclic) bond motifs is 3. The molecule has 0 aromatic heterocycles. The van der Waals surface area contributed by atoms with Gasteiger partial charge in [0.2, 0.25) is 0 Å². The molecule has 3 aliphatic carbocycles. The van der Waals surface area contributed by atoms with Gasteiger partial charge in [0.25, 0.3) is 0 Å². The SMILES string of the molecule is CCCCCCC1CC2C(CCCCCCCC(O)OCC3CO3)C(CCCCCCCC(O)OCC3CO3)C3CCC3C2CC1CCCC. The number of epoxide rings is 2. The standard InChI is InChI=1S/C44H80O6/c1-3-5-7-14-20-34-28-41-38(22-16-11-9-13-18-24-44(46)50-32-36-30-48-36)37(39-25-26-40(39)42(41)27-33(34)19-6-4-2)21-15-10-8-12-17-23-43(45)49-31-35-29-47-35/h33-46H,3-32H2,1-2H3. The summed E-state index contributed by atoms with van der Waals surface area (Å²) in [7, 11) is 0. The average molecular weight is 705 g/mol. The molecule has 2 heterocycles. The molecule has 5 rings (SSSR count). The third kappa shape index (κ3) is 13.9. The Labute approximate surface area is 307 Å². The molecule has 2 saturated heterocycles. The van der Waals surface area contributed by atoms with Gasteiger partial charge in [-0.15, -0.1) is 0 Å². The summed E-state index contributed by atoms with van der Waals surface area (Å²) in [6.45, 7) is 7.42. The van der Waals surface area contributed by atoms with Crippen LogP contribution >= 0.6 is 0 Å². The van der Waals surface area contributed by atoms with E-state index in [0.29, 0.717) is 13.2 Å². The van der Waals surface area contributed by atoms with Crippen molar-refractivity contribution in [2.24, 2.45) is 47.3 Å². The van der Waals surface area contributed by atoms with Crippen LogP contribution in [0.15, 0.2) is 0 Å². The number of aliphatic hydroxyl groups excluding tert-OH is 2. The van der Waals surface area contributed by atoms with Crippen molar-refractivity contribution in [2.75, 3.05) is 26.4 Å². The highest BCUT2D eigenvalue weighted by atomic mass is 16.6. The van der Waals surface area contributed by atoms with E-state index < -0.39 is 12.6 Å². The summed E-state index contributed by atoms with van der Waals surface area (Å²) in [5.41, 5.74) is 0. The van der Waals surface area contributed by atoms with Crippen molar-refractivity contribution in [2.45, 2.75) is 206 Å². The van der Waals surface area contributed by atoms with Crippen LogP contribution < -0.4 is 0 Å².